The molecule has 1 amide bonds. The number of aromatic hydroxyl groups is 1. The maximum Gasteiger partial charge on any atom is 0.257 e. The number of benzene rings is 1. The number of rotatable bonds is 6. The van der Waals surface area contributed by atoms with E-state index in [1.165, 1.54) is 12.1 Å². The fourth-order valence-corrected chi connectivity index (χ4v) is 1.85. The Hall–Kier alpha value is -1.62. The van der Waals surface area contributed by atoms with Gasteiger partial charge in [-0.1, -0.05) is 13.8 Å². The SMILES string of the molecule is CC(C)CN(CCCN)C(=O)c1ccc(F)cc1O. The fraction of sp³-hybridized carbons (Fsp3) is 0.500. The van der Waals surface area contributed by atoms with Gasteiger partial charge in [0, 0.05) is 19.2 Å². The summed E-state index contributed by atoms with van der Waals surface area (Å²) >= 11 is 0. The van der Waals surface area contributed by atoms with Crippen LogP contribution in [-0.4, -0.2) is 35.5 Å². The zero-order valence-corrected chi connectivity index (χ0v) is 11.4. The Labute approximate surface area is 113 Å². The highest BCUT2D eigenvalue weighted by molar-refractivity contribution is 5.96. The van der Waals surface area contributed by atoms with Crippen molar-refractivity contribution in [2.24, 2.45) is 11.7 Å². The zero-order valence-electron chi connectivity index (χ0n) is 11.4. The molecule has 1 rings (SSSR count). The number of phenolic OH excluding ortho intramolecular Hbond substituents is 1. The van der Waals surface area contributed by atoms with E-state index in [1.807, 2.05) is 13.8 Å². The van der Waals surface area contributed by atoms with E-state index in [-0.39, 0.29) is 17.2 Å². The van der Waals surface area contributed by atoms with Gasteiger partial charge in [-0.3, -0.25) is 4.79 Å². The van der Waals surface area contributed by atoms with Gasteiger partial charge in [-0.15, -0.1) is 0 Å². The Bertz CT molecular complexity index is 435. The quantitative estimate of drug-likeness (QED) is 0.829. The first-order chi connectivity index (χ1) is 8.95. The van der Waals surface area contributed by atoms with Crippen molar-refractivity contribution in [2.75, 3.05) is 19.6 Å². The largest absolute Gasteiger partial charge is 0.507 e. The Morgan fingerprint density at radius 3 is 2.68 bits per heavy atom. The number of amides is 1. The average molecular weight is 268 g/mol. The van der Waals surface area contributed by atoms with E-state index >= 15 is 0 Å². The predicted octanol–water partition coefficient (Wildman–Crippen LogP) is 1.98. The van der Waals surface area contributed by atoms with E-state index in [0.717, 1.165) is 6.07 Å². The van der Waals surface area contributed by atoms with Crippen LogP contribution in [-0.2, 0) is 0 Å². The molecule has 0 aliphatic carbocycles. The van der Waals surface area contributed by atoms with E-state index < -0.39 is 5.82 Å². The molecular formula is C14H21FN2O2. The van der Waals surface area contributed by atoms with Crippen LogP contribution in [0.3, 0.4) is 0 Å². The summed E-state index contributed by atoms with van der Waals surface area (Å²) < 4.78 is 12.9. The molecule has 0 bridgehead atoms. The zero-order chi connectivity index (χ0) is 14.4. The molecule has 0 aliphatic heterocycles. The molecule has 0 aromatic heterocycles. The molecule has 0 heterocycles. The Balaban J connectivity index is 2.90. The summed E-state index contributed by atoms with van der Waals surface area (Å²) in [5.74, 6) is -0.873. The molecule has 0 radical (unpaired) electrons. The van der Waals surface area contributed by atoms with Crippen LogP contribution in [0.15, 0.2) is 18.2 Å². The first-order valence-electron chi connectivity index (χ1n) is 6.43. The van der Waals surface area contributed by atoms with Gasteiger partial charge in [0.25, 0.3) is 5.91 Å². The average Bonchev–Trinajstić information content (AvgIpc) is 2.33. The number of carbonyl (C=O) groups is 1. The second-order valence-corrected chi connectivity index (χ2v) is 4.95. The minimum atomic E-state index is -0.564. The predicted molar refractivity (Wildman–Crippen MR) is 72.5 cm³/mol. The summed E-state index contributed by atoms with van der Waals surface area (Å²) in [4.78, 5) is 14.0. The highest BCUT2D eigenvalue weighted by Gasteiger charge is 2.19. The second kappa shape index (κ2) is 7.09. The van der Waals surface area contributed by atoms with Crippen molar-refractivity contribution in [3.63, 3.8) is 0 Å². The Morgan fingerprint density at radius 1 is 1.47 bits per heavy atom. The molecule has 5 heteroatoms. The Morgan fingerprint density at radius 2 is 2.16 bits per heavy atom. The van der Waals surface area contributed by atoms with Crippen molar-refractivity contribution in [2.45, 2.75) is 20.3 Å². The normalized spacial score (nSPS) is 10.8. The van der Waals surface area contributed by atoms with Crippen LogP contribution in [0.25, 0.3) is 0 Å². The van der Waals surface area contributed by atoms with Crippen molar-refractivity contribution >= 4 is 5.91 Å². The molecule has 0 aliphatic rings. The number of nitrogens with zero attached hydrogens (tertiary/aromatic N) is 1. The van der Waals surface area contributed by atoms with Gasteiger partial charge < -0.3 is 15.7 Å². The van der Waals surface area contributed by atoms with Crippen molar-refractivity contribution in [1.29, 1.82) is 0 Å². The monoisotopic (exact) mass is 268 g/mol. The molecule has 4 nitrogen and oxygen atoms in total. The van der Waals surface area contributed by atoms with Crippen LogP contribution >= 0.6 is 0 Å². The number of hydrogen-bond acceptors (Lipinski definition) is 3. The van der Waals surface area contributed by atoms with Gasteiger partial charge in [0.1, 0.15) is 11.6 Å². The minimum Gasteiger partial charge on any atom is -0.507 e. The third-order valence-electron chi connectivity index (χ3n) is 2.70. The molecule has 0 spiro atoms. The highest BCUT2D eigenvalue weighted by Crippen LogP contribution is 2.20. The van der Waals surface area contributed by atoms with E-state index in [1.54, 1.807) is 4.90 Å². The number of hydrogen-bond donors (Lipinski definition) is 2. The Kier molecular flexibility index (Phi) is 5.76. The summed E-state index contributed by atoms with van der Waals surface area (Å²) in [7, 11) is 0. The van der Waals surface area contributed by atoms with Gasteiger partial charge in [0.15, 0.2) is 0 Å². The van der Waals surface area contributed by atoms with Crippen LogP contribution in [0.5, 0.6) is 5.75 Å². The molecule has 0 atom stereocenters. The standard InChI is InChI=1S/C14H21FN2O2/c1-10(2)9-17(7-3-6-16)14(19)12-5-4-11(15)8-13(12)18/h4-5,8,10,18H,3,6-7,9,16H2,1-2H3. The van der Waals surface area contributed by atoms with Crippen LogP contribution in [0.2, 0.25) is 0 Å². The third-order valence-corrected chi connectivity index (χ3v) is 2.70. The van der Waals surface area contributed by atoms with Crippen molar-refractivity contribution in [3.8, 4) is 5.75 Å². The van der Waals surface area contributed by atoms with Crippen molar-refractivity contribution in [3.05, 3.63) is 29.6 Å². The van der Waals surface area contributed by atoms with Crippen LogP contribution < -0.4 is 5.73 Å². The van der Waals surface area contributed by atoms with Gasteiger partial charge in [0.2, 0.25) is 0 Å². The van der Waals surface area contributed by atoms with E-state index in [2.05, 4.69) is 0 Å². The molecule has 106 valence electrons. The van der Waals surface area contributed by atoms with Crippen LogP contribution in [0.1, 0.15) is 30.6 Å². The molecule has 0 saturated heterocycles. The molecule has 0 unspecified atom stereocenters. The lowest BCUT2D eigenvalue weighted by Gasteiger charge is -2.24. The molecule has 19 heavy (non-hydrogen) atoms. The maximum atomic E-state index is 12.9. The number of phenols is 1. The third kappa shape index (κ3) is 4.52. The summed E-state index contributed by atoms with van der Waals surface area (Å²) in [6.45, 7) is 5.62. The minimum absolute atomic E-state index is 0.124. The smallest absolute Gasteiger partial charge is 0.257 e. The molecule has 1 aromatic carbocycles. The van der Waals surface area contributed by atoms with Gasteiger partial charge in [-0.25, -0.2) is 4.39 Å². The second-order valence-electron chi connectivity index (χ2n) is 4.95. The van der Waals surface area contributed by atoms with E-state index in [9.17, 15) is 14.3 Å². The molecule has 3 N–H and O–H groups in total. The van der Waals surface area contributed by atoms with E-state index in [0.29, 0.717) is 32.0 Å². The summed E-state index contributed by atoms with van der Waals surface area (Å²) in [5.41, 5.74) is 5.58. The fourth-order valence-electron chi connectivity index (χ4n) is 1.85. The van der Waals surface area contributed by atoms with Gasteiger partial charge in [-0.05, 0) is 31.0 Å². The first kappa shape index (κ1) is 15.4. The topological polar surface area (TPSA) is 66.6 Å². The number of halogens is 1. The highest BCUT2D eigenvalue weighted by atomic mass is 19.1. The summed E-state index contributed by atoms with van der Waals surface area (Å²) in [5, 5.41) is 9.66. The van der Waals surface area contributed by atoms with Crippen molar-refractivity contribution < 1.29 is 14.3 Å². The lowest BCUT2D eigenvalue weighted by atomic mass is 10.1. The lowest BCUT2D eigenvalue weighted by molar-refractivity contribution is 0.0732. The molecular weight excluding hydrogens is 247 g/mol. The first-order valence-corrected chi connectivity index (χ1v) is 6.43. The van der Waals surface area contributed by atoms with E-state index in [4.69, 9.17) is 5.73 Å². The summed E-state index contributed by atoms with van der Waals surface area (Å²) in [6, 6.07) is 3.43. The van der Waals surface area contributed by atoms with Crippen LogP contribution in [0, 0.1) is 11.7 Å². The van der Waals surface area contributed by atoms with Crippen molar-refractivity contribution in [1.82, 2.24) is 4.90 Å². The number of carbonyl (C=O) groups excluding carboxylic acids is 1. The van der Waals surface area contributed by atoms with Gasteiger partial charge >= 0.3 is 0 Å². The molecule has 0 saturated carbocycles. The number of nitrogens with two attached hydrogens (primary N) is 1. The van der Waals surface area contributed by atoms with Gasteiger partial charge in [-0.2, -0.15) is 0 Å². The molecule has 0 fully saturated rings. The van der Waals surface area contributed by atoms with Gasteiger partial charge in [0.05, 0.1) is 5.56 Å². The lowest BCUT2D eigenvalue weighted by Crippen LogP contribution is -2.35. The summed E-state index contributed by atoms with van der Waals surface area (Å²) in [6.07, 6.45) is 0.695. The van der Waals surface area contributed by atoms with Crippen LogP contribution in [0.4, 0.5) is 4.39 Å². The molecule has 1 aromatic rings. The maximum absolute atomic E-state index is 12.9.